The van der Waals surface area contributed by atoms with Crippen LogP contribution in [0, 0.1) is 0 Å². The van der Waals surface area contributed by atoms with Crippen molar-refractivity contribution in [3.63, 3.8) is 0 Å². The zero-order chi connectivity index (χ0) is 21.5. The van der Waals surface area contributed by atoms with E-state index < -0.39 is 0 Å². The predicted molar refractivity (Wildman–Crippen MR) is 122 cm³/mol. The highest BCUT2D eigenvalue weighted by molar-refractivity contribution is 6.30. The lowest BCUT2D eigenvalue weighted by atomic mass is 10.1. The molecule has 4 rings (SSSR count). The van der Waals surface area contributed by atoms with E-state index in [1.807, 2.05) is 59.5 Å². The molecule has 2 aromatic carbocycles. The smallest absolute Gasteiger partial charge is 0.222 e. The number of rotatable bonds is 7. The van der Waals surface area contributed by atoms with Gasteiger partial charge in [0.25, 0.3) is 0 Å². The van der Waals surface area contributed by atoms with E-state index in [2.05, 4.69) is 15.1 Å². The summed E-state index contributed by atoms with van der Waals surface area (Å²) in [5.74, 6) is 1.79. The molecule has 0 N–H and O–H groups in total. The summed E-state index contributed by atoms with van der Waals surface area (Å²) in [6, 6.07) is 21.3. The molecular formula is C24H25ClN4O2. The van der Waals surface area contributed by atoms with Crippen LogP contribution in [0.25, 0.3) is 11.3 Å². The molecule has 1 fully saturated rings. The molecule has 3 aromatic rings. The number of halogens is 1. The van der Waals surface area contributed by atoms with Crippen LogP contribution in [0.4, 0.5) is 5.82 Å². The van der Waals surface area contributed by atoms with Gasteiger partial charge in [-0.25, -0.2) is 0 Å². The second-order valence-electron chi connectivity index (χ2n) is 7.42. The molecule has 0 spiro atoms. The maximum absolute atomic E-state index is 12.5. The Morgan fingerprint density at radius 2 is 1.65 bits per heavy atom. The lowest BCUT2D eigenvalue weighted by Crippen LogP contribution is -2.49. The number of hydrogen-bond acceptors (Lipinski definition) is 5. The first-order valence-corrected chi connectivity index (χ1v) is 10.9. The van der Waals surface area contributed by atoms with Crippen LogP contribution < -0.4 is 9.64 Å². The Balaban J connectivity index is 1.20. The van der Waals surface area contributed by atoms with Crippen molar-refractivity contribution in [2.75, 3.05) is 37.7 Å². The second kappa shape index (κ2) is 10.3. The standard InChI is InChI=1S/C24H25ClN4O2/c25-20-8-10-21(11-9-20)31-18-4-7-24(30)29-16-14-28(15-17-29)23-13-12-22(26-27-23)19-5-2-1-3-6-19/h1-3,5-6,8-13H,4,7,14-18H2. The largest absolute Gasteiger partial charge is 0.494 e. The predicted octanol–water partition coefficient (Wildman–Crippen LogP) is 4.30. The number of anilines is 1. The fourth-order valence-electron chi connectivity index (χ4n) is 3.54. The molecule has 1 aliphatic rings. The van der Waals surface area contributed by atoms with Crippen molar-refractivity contribution in [3.8, 4) is 17.0 Å². The van der Waals surface area contributed by atoms with Crippen LogP contribution >= 0.6 is 11.6 Å². The van der Waals surface area contributed by atoms with Crippen LogP contribution in [0.3, 0.4) is 0 Å². The van der Waals surface area contributed by atoms with Crippen molar-refractivity contribution in [2.24, 2.45) is 0 Å². The molecule has 0 bridgehead atoms. The number of carbonyl (C=O) groups is 1. The number of benzene rings is 2. The van der Waals surface area contributed by atoms with E-state index in [0.29, 0.717) is 37.6 Å². The van der Waals surface area contributed by atoms with E-state index >= 15 is 0 Å². The molecule has 6 nitrogen and oxygen atoms in total. The fraction of sp³-hybridized carbons (Fsp3) is 0.292. The third-order valence-electron chi connectivity index (χ3n) is 5.29. The van der Waals surface area contributed by atoms with Gasteiger partial charge in [0, 0.05) is 43.2 Å². The molecule has 0 aliphatic carbocycles. The van der Waals surface area contributed by atoms with Gasteiger partial charge >= 0.3 is 0 Å². The maximum atomic E-state index is 12.5. The molecular weight excluding hydrogens is 412 g/mol. The summed E-state index contributed by atoms with van der Waals surface area (Å²) in [6.07, 6.45) is 1.17. The summed E-state index contributed by atoms with van der Waals surface area (Å²) in [7, 11) is 0. The minimum Gasteiger partial charge on any atom is -0.494 e. The van der Waals surface area contributed by atoms with Gasteiger partial charge in [0.1, 0.15) is 5.75 Å². The van der Waals surface area contributed by atoms with Gasteiger partial charge in [0.2, 0.25) is 5.91 Å². The Hall–Kier alpha value is -3.12. The van der Waals surface area contributed by atoms with Gasteiger partial charge in [-0.05, 0) is 42.8 Å². The minimum absolute atomic E-state index is 0.171. The van der Waals surface area contributed by atoms with E-state index in [1.54, 1.807) is 12.1 Å². The molecule has 1 amide bonds. The van der Waals surface area contributed by atoms with E-state index in [0.717, 1.165) is 35.9 Å². The Bertz CT molecular complexity index is 973. The number of piperazine rings is 1. The van der Waals surface area contributed by atoms with E-state index in [9.17, 15) is 4.79 Å². The second-order valence-corrected chi connectivity index (χ2v) is 7.85. The highest BCUT2D eigenvalue weighted by Gasteiger charge is 2.21. The van der Waals surface area contributed by atoms with Crippen LogP contribution in [0.1, 0.15) is 12.8 Å². The molecule has 7 heteroatoms. The zero-order valence-corrected chi connectivity index (χ0v) is 18.0. The van der Waals surface area contributed by atoms with Crippen molar-refractivity contribution in [2.45, 2.75) is 12.8 Å². The molecule has 1 saturated heterocycles. The number of hydrogen-bond donors (Lipinski definition) is 0. The summed E-state index contributed by atoms with van der Waals surface area (Å²) >= 11 is 5.87. The molecule has 0 saturated carbocycles. The van der Waals surface area contributed by atoms with E-state index in [-0.39, 0.29) is 5.91 Å². The zero-order valence-electron chi connectivity index (χ0n) is 17.3. The molecule has 1 aromatic heterocycles. The van der Waals surface area contributed by atoms with Gasteiger partial charge < -0.3 is 14.5 Å². The lowest BCUT2D eigenvalue weighted by Gasteiger charge is -2.35. The topological polar surface area (TPSA) is 58.6 Å². The average Bonchev–Trinajstić information content (AvgIpc) is 2.83. The number of nitrogens with zero attached hydrogens (tertiary/aromatic N) is 4. The SMILES string of the molecule is O=C(CCCOc1ccc(Cl)cc1)N1CCN(c2ccc(-c3ccccc3)nn2)CC1. The highest BCUT2D eigenvalue weighted by Crippen LogP contribution is 2.19. The van der Waals surface area contributed by atoms with Crippen molar-refractivity contribution >= 4 is 23.3 Å². The van der Waals surface area contributed by atoms with Crippen LogP contribution in [0.2, 0.25) is 5.02 Å². The third kappa shape index (κ3) is 5.73. The molecule has 0 radical (unpaired) electrons. The Morgan fingerprint density at radius 3 is 2.32 bits per heavy atom. The van der Waals surface area contributed by atoms with Gasteiger partial charge in [-0.3, -0.25) is 4.79 Å². The first-order chi connectivity index (χ1) is 15.2. The van der Waals surface area contributed by atoms with Crippen molar-refractivity contribution in [1.82, 2.24) is 15.1 Å². The van der Waals surface area contributed by atoms with Crippen molar-refractivity contribution in [1.29, 1.82) is 0 Å². The van der Waals surface area contributed by atoms with Crippen molar-refractivity contribution < 1.29 is 9.53 Å². The van der Waals surface area contributed by atoms with Gasteiger partial charge in [-0.15, -0.1) is 10.2 Å². The quantitative estimate of drug-likeness (QED) is 0.517. The highest BCUT2D eigenvalue weighted by atomic mass is 35.5. The number of ether oxygens (including phenoxy) is 1. The number of amides is 1. The van der Waals surface area contributed by atoms with Crippen LogP contribution in [0.5, 0.6) is 5.75 Å². The van der Waals surface area contributed by atoms with Gasteiger partial charge in [-0.1, -0.05) is 41.9 Å². The normalized spacial score (nSPS) is 13.8. The maximum Gasteiger partial charge on any atom is 0.222 e. The van der Waals surface area contributed by atoms with Crippen molar-refractivity contribution in [3.05, 3.63) is 71.8 Å². The summed E-state index contributed by atoms with van der Waals surface area (Å²) in [6.45, 7) is 3.41. The molecule has 31 heavy (non-hydrogen) atoms. The lowest BCUT2D eigenvalue weighted by molar-refractivity contribution is -0.131. The monoisotopic (exact) mass is 436 g/mol. The Labute approximate surface area is 187 Å². The number of aromatic nitrogens is 2. The summed E-state index contributed by atoms with van der Waals surface area (Å²) in [4.78, 5) is 16.6. The summed E-state index contributed by atoms with van der Waals surface area (Å²) in [5, 5.41) is 9.44. The van der Waals surface area contributed by atoms with Gasteiger partial charge in [0.05, 0.1) is 12.3 Å². The average molecular weight is 437 g/mol. The third-order valence-corrected chi connectivity index (χ3v) is 5.55. The molecule has 1 aliphatic heterocycles. The van der Waals surface area contributed by atoms with Gasteiger partial charge in [0.15, 0.2) is 5.82 Å². The molecule has 0 atom stereocenters. The molecule has 0 unspecified atom stereocenters. The first-order valence-electron chi connectivity index (χ1n) is 10.5. The van der Waals surface area contributed by atoms with E-state index in [1.165, 1.54) is 0 Å². The fourth-order valence-corrected chi connectivity index (χ4v) is 3.67. The Morgan fingerprint density at radius 1 is 0.903 bits per heavy atom. The summed E-state index contributed by atoms with van der Waals surface area (Å²) in [5.41, 5.74) is 1.91. The van der Waals surface area contributed by atoms with E-state index in [4.69, 9.17) is 16.3 Å². The molecule has 2 heterocycles. The minimum atomic E-state index is 0.171. The Kier molecular flexibility index (Phi) is 6.99. The van der Waals surface area contributed by atoms with Crippen LogP contribution in [0.15, 0.2) is 66.7 Å². The van der Waals surface area contributed by atoms with Crippen LogP contribution in [-0.4, -0.2) is 53.8 Å². The van der Waals surface area contributed by atoms with Crippen LogP contribution in [-0.2, 0) is 4.79 Å². The molecule has 160 valence electrons. The number of carbonyl (C=O) groups excluding carboxylic acids is 1. The first kappa shape index (κ1) is 21.1. The summed E-state index contributed by atoms with van der Waals surface area (Å²) < 4.78 is 5.66. The van der Waals surface area contributed by atoms with Gasteiger partial charge in [-0.2, -0.15) is 0 Å².